The second-order valence-corrected chi connectivity index (χ2v) is 16.1. The minimum atomic E-state index is -0.0347. The Morgan fingerprint density at radius 1 is 0.322 bits per heavy atom. The van der Waals surface area contributed by atoms with Gasteiger partial charge in [-0.05, 0) is 83.2 Å². The number of para-hydroxylation sites is 6. The van der Waals surface area contributed by atoms with E-state index in [-0.39, 0.29) is 6.85 Å². The molecular weight excluding hydrogens is 715 g/mol. The Morgan fingerprint density at radius 2 is 0.864 bits per heavy atom. The molecule has 0 unspecified atom stereocenters. The van der Waals surface area contributed by atoms with Gasteiger partial charge in [-0.25, -0.2) is 0 Å². The van der Waals surface area contributed by atoms with E-state index in [9.17, 15) is 0 Å². The molecule has 4 nitrogen and oxygen atoms in total. The van der Waals surface area contributed by atoms with Gasteiger partial charge in [0.15, 0.2) is 0 Å². The van der Waals surface area contributed by atoms with Crippen LogP contribution >= 0.6 is 0 Å². The Kier molecular flexibility index (Phi) is 6.07. The van der Waals surface area contributed by atoms with Gasteiger partial charge in [-0.1, -0.05) is 133 Å². The first kappa shape index (κ1) is 31.3. The van der Waals surface area contributed by atoms with E-state index in [2.05, 4.69) is 219 Å². The van der Waals surface area contributed by atoms with Crippen molar-refractivity contribution in [3.05, 3.63) is 200 Å². The lowest BCUT2D eigenvalue weighted by molar-refractivity contribution is 1.17. The van der Waals surface area contributed by atoms with Crippen LogP contribution in [0.25, 0.3) is 87.9 Å². The fourth-order valence-corrected chi connectivity index (χ4v) is 10.9. The van der Waals surface area contributed by atoms with Crippen LogP contribution in [0.5, 0.6) is 0 Å². The van der Waals surface area contributed by atoms with Gasteiger partial charge in [-0.15, -0.1) is 0 Å². The molecule has 0 saturated carbocycles. The minimum Gasteiger partial charge on any atom is -0.375 e. The maximum atomic E-state index is 2.65. The number of hydrogen-bond donors (Lipinski definition) is 0. The number of nitrogens with zero attached hydrogens (tertiary/aromatic N) is 4. The molecular formula is C54H33BN4. The van der Waals surface area contributed by atoms with Crippen molar-refractivity contribution >= 4 is 100 Å². The van der Waals surface area contributed by atoms with E-state index >= 15 is 0 Å². The van der Waals surface area contributed by atoms with Crippen molar-refractivity contribution in [3.63, 3.8) is 0 Å². The van der Waals surface area contributed by atoms with Gasteiger partial charge in [-0.3, -0.25) is 0 Å². The van der Waals surface area contributed by atoms with E-state index < -0.39 is 0 Å². The molecule has 0 fully saturated rings. The van der Waals surface area contributed by atoms with Gasteiger partial charge in [0.2, 0.25) is 0 Å². The SMILES string of the molecule is c1ccc(-n2c3ccccc3c3ccc(N4c5cc6c(cc5B5c7c(cccc74)-c4cccc7c8ccccc8n5c47)c4ccccc4n6-c4ccccc4)cc32)cc1. The zero-order valence-electron chi connectivity index (χ0n) is 31.9. The van der Waals surface area contributed by atoms with Crippen LogP contribution in [0.1, 0.15) is 0 Å². The van der Waals surface area contributed by atoms with Crippen LogP contribution in [0.15, 0.2) is 200 Å². The lowest BCUT2D eigenvalue weighted by Crippen LogP contribution is -2.56. The van der Waals surface area contributed by atoms with Crippen LogP contribution in [0, 0.1) is 0 Å². The van der Waals surface area contributed by atoms with Crippen molar-refractivity contribution in [3.8, 4) is 22.5 Å². The maximum absolute atomic E-state index is 2.65. The molecule has 0 radical (unpaired) electrons. The third-order valence-electron chi connectivity index (χ3n) is 13.2. The molecule has 0 amide bonds. The highest BCUT2D eigenvalue weighted by Crippen LogP contribution is 2.47. The zero-order chi connectivity index (χ0) is 38.3. The monoisotopic (exact) mass is 748 g/mol. The summed E-state index contributed by atoms with van der Waals surface area (Å²) in [6, 6.07) is 74.2. The average Bonchev–Trinajstić information content (AvgIpc) is 3.93. The Labute approximate surface area is 340 Å². The molecule has 59 heavy (non-hydrogen) atoms. The number of rotatable bonds is 3. The molecule has 14 rings (SSSR count). The molecule has 0 saturated heterocycles. The van der Waals surface area contributed by atoms with Crippen molar-refractivity contribution in [2.75, 3.05) is 4.90 Å². The summed E-state index contributed by atoms with van der Waals surface area (Å²) < 4.78 is 7.53. The average molecular weight is 749 g/mol. The molecule has 0 atom stereocenters. The van der Waals surface area contributed by atoms with E-state index in [0.717, 1.165) is 17.1 Å². The highest BCUT2D eigenvalue weighted by atomic mass is 15.2. The van der Waals surface area contributed by atoms with E-state index in [1.807, 2.05) is 0 Å². The minimum absolute atomic E-state index is 0.0347. The predicted octanol–water partition coefficient (Wildman–Crippen LogP) is 12.4. The topological polar surface area (TPSA) is 18.0 Å². The molecule has 5 heteroatoms. The zero-order valence-corrected chi connectivity index (χ0v) is 31.9. The first-order valence-corrected chi connectivity index (χ1v) is 20.5. The van der Waals surface area contributed by atoms with E-state index in [1.54, 1.807) is 0 Å². The fourth-order valence-electron chi connectivity index (χ4n) is 10.9. The third-order valence-corrected chi connectivity index (χ3v) is 13.2. The first-order valence-electron chi connectivity index (χ1n) is 20.5. The van der Waals surface area contributed by atoms with Gasteiger partial charge in [0.25, 0.3) is 0 Å². The molecule has 0 aliphatic carbocycles. The van der Waals surface area contributed by atoms with Gasteiger partial charge in [0.05, 0.1) is 22.1 Å². The van der Waals surface area contributed by atoms with Gasteiger partial charge < -0.3 is 18.5 Å². The van der Waals surface area contributed by atoms with Crippen molar-refractivity contribution in [2.45, 2.75) is 0 Å². The van der Waals surface area contributed by atoms with Crippen LogP contribution < -0.4 is 15.8 Å². The molecule has 3 aromatic heterocycles. The highest BCUT2D eigenvalue weighted by Gasteiger charge is 2.43. The Bertz CT molecular complexity index is 3740. The third kappa shape index (κ3) is 4.04. The Hall–Kier alpha value is -7.76. The lowest BCUT2D eigenvalue weighted by atomic mass is 9.45. The Morgan fingerprint density at radius 3 is 1.58 bits per heavy atom. The summed E-state index contributed by atoms with van der Waals surface area (Å²) in [5, 5.41) is 7.61. The molecule has 2 aliphatic rings. The van der Waals surface area contributed by atoms with Gasteiger partial charge in [0.1, 0.15) is 0 Å². The number of aromatic nitrogens is 3. The molecule has 0 N–H and O–H groups in total. The maximum Gasteiger partial charge on any atom is 0.333 e. The van der Waals surface area contributed by atoms with Crippen molar-refractivity contribution in [1.29, 1.82) is 0 Å². The van der Waals surface area contributed by atoms with Crippen LogP contribution in [0.3, 0.4) is 0 Å². The summed E-state index contributed by atoms with van der Waals surface area (Å²) >= 11 is 0. The molecule has 272 valence electrons. The van der Waals surface area contributed by atoms with E-state index in [4.69, 9.17) is 0 Å². The Balaban J connectivity index is 1.14. The van der Waals surface area contributed by atoms with Crippen molar-refractivity contribution in [1.82, 2.24) is 13.6 Å². The van der Waals surface area contributed by atoms with Crippen molar-refractivity contribution in [2.24, 2.45) is 0 Å². The summed E-state index contributed by atoms with van der Waals surface area (Å²) in [4.78, 5) is 2.56. The number of anilines is 3. The second-order valence-electron chi connectivity index (χ2n) is 16.1. The van der Waals surface area contributed by atoms with Crippen LogP contribution in [-0.4, -0.2) is 20.5 Å². The number of hydrogen-bond acceptors (Lipinski definition) is 1. The summed E-state index contributed by atoms with van der Waals surface area (Å²) in [6.45, 7) is -0.0347. The normalized spacial score (nSPS) is 13.0. The van der Waals surface area contributed by atoms with Gasteiger partial charge >= 0.3 is 6.85 Å². The van der Waals surface area contributed by atoms with E-state index in [1.165, 1.54) is 98.8 Å². The smallest absolute Gasteiger partial charge is 0.333 e. The largest absolute Gasteiger partial charge is 0.375 e. The van der Waals surface area contributed by atoms with E-state index in [0.29, 0.717) is 0 Å². The lowest BCUT2D eigenvalue weighted by Gasteiger charge is -2.40. The molecule has 0 spiro atoms. The summed E-state index contributed by atoms with van der Waals surface area (Å²) in [7, 11) is 0. The molecule has 9 aromatic carbocycles. The standard InChI is InChI=1S/C54H33BN4/c1-3-15-34(16-4-1)56-46-25-10-7-19-37(46)40-30-29-36(31-50(40)56)58-49-28-14-22-41-43-24-13-23-42-38-20-9-12-27-48(38)59(54(42)43)55(53(41)49)45-32-44-39-21-8-11-26-47(39)57(51(44)33-52(45)58)35-17-5-2-6-18-35/h1-33H. The summed E-state index contributed by atoms with van der Waals surface area (Å²) in [5.74, 6) is 0. The van der Waals surface area contributed by atoms with Crippen molar-refractivity contribution < 1.29 is 0 Å². The first-order chi connectivity index (χ1) is 29.3. The molecule has 0 bridgehead atoms. The van der Waals surface area contributed by atoms with Crippen LogP contribution in [-0.2, 0) is 0 Å². The molecule has 2 aliphatic heterocycles. The second kappa shape index (κ2) is 11.4. The summed E-state index contributed by atoms with van der Waals surface area (Å²) in [6.07, 6.45) is 0. The number of benzene rings is 9. The van der Waals surface area contributed by atoms with Crippen LogP contribution in [0.4, 0.5) is 17.1 Å². The molecule has 12 aromatic rings. The fraction of sp³-hybridized carbons (Fsp3) is 0. The molecule has 5 heterocycles. The van der Waals surface area contributed by atoms with Gasteiger partial charge in [-0.2, -0.15) is 0 Å². The highest BCUT2D eigenvalue weighted by molar-refractivity contribution is 6.90. The quantitative estimate of drug-likeness (QED) is 0.165. The van der Waals surface area contributed by atoms with Crippen LogP contribution in [0.2, 0.25) is 0 Å². The summed E-state index contributed by atoms with van der Waals surface area (Å²) in [5.41, 5.74) is 18.4. The number of fused-ring (bicyclic) bond motifs is 13. The van der Waals surface area contributed by atoms with Gasteiger partial charge in [0, 0.05) is 77.4 Å². The predicted molar refractivity (Wildman–Crippen MR) is 249 cm³/mol.